The molecule has 3 aromatic rings. The first kappa shape index (κ1) is 23.4. The van der Waals surface area contributed by atoms with Gasteiger partial charge in [0, 0.05) is 24.4 Å². The second-order valence-corrected chi connectivity index (χ2v) is 7.65. The van der Waals surface area contributed by atoms with Crippen molar-refractivity contribution in [3.8, 4) is 22.6 Å². The largest absolute Gasteiger partial charge is 0.477 e. The Kier molecular flexibility index (Phi) is 8.00. The fraction of sp³-hybridized carbons (Fsp3) is 0.348. The van der Waals surface area contributed by atoms with Crippen LogP contribution in [0.15, 0.2) is 47.4 Å². The third kappa shape index (κ3) is 5.00. The maximum absolute atomic E-state index is 12.1. The molecule has 3 heterocycles. The molecular formula is C23H28ClN3O3. The smallest absolute Gasteiger partial charge is 0.341 e. The molecule has 0 fully saturated rings. The van der Waals surface area contributed by atoms with Crippen LogP contribution in [0.25, 0.3) is 22.6 Å². The normalized spacial score (nSPS) is 11.4. The zero-order valence-corrected chi connectivity index (χ0v) is 18.8. The van der Waals surface area contributed by atoms with E-state index in [1.54, 1.807) is 9.25 Å². The van der Waals surface area contributed by atoms with Gasteiger partial charge in [0.05, 0.1) is 17.3 Å². The van der Waals surface area contributed by atoms with Gasteiger partial charge >= 0.3 is 5.97 Å². The Hall–Kier alpha value is -2.86. The molecule has 0 bridgehead atoms. The van der Waals surface area contributed by atoms with Crippen molar-refractivity contribution in [1.82, 2.24) is 14.3 Å². The van der Waals surface area contributed by atoms with E-state index in [4.69, 9.17) is 16.7 Å². The van der Waals surface area contributed by atoms with Gasteiger partial charge in [-0.25, -0.2) is 4.79 Å². The van der Waals surface area contributed by atoms with E-state index in [0.717, 1.165) is 11.5 Å². The summed E-state index contributed by atoms with van der Waals surface area (Å²) in [7, 11) is 0. The molecule has 1 N–H and O–H groups in total. The van der Waals surface area contributed by atoms with Crippen LogP contribution in [-0.4, -0.2) is 25.4 Å². The number of benzene rings is 1. The van der Waals surface area contributed by atoms with Crippen molar-refractivity contribution < 1.29 is 9.90 Å². The maximum atomic E-state index is 12.1. The lowest BCUT2D eigenvalue weighted by Gasteiger charge is -2.21. The highest BCUT2D eigenvalue weighted by Gasteiger charge is 2.25. The number of aromatic carboxylic acids is 1. The van der Waals surface area contributed by atoms with Crippen molar-refractivity contribution in [2.45, 2.75) is 47.7 Å². The number of aryl methyl sites for hydroxylation is 2. The number of rotatable bonds is 2. The number of fused-ring (bicyclic) bond motifs is 3. The Morgan fingerprint density at radius 3 is 2.30 bits per heavy atom. The number of aromatic nitrogens is 3. The molecule has 30 heavy (non-hydrogen) atoms. The van der Waals surface area contributed by atoms with Gasteiger partial charge in [-0.15, -0.1) is 0 Å². The summed E-state index contributed by atoms with van der Waals surface area (Å²) in [6.45, 7) is 11.6. The Bertz CT molecular complexity index is 1070. The predicted molar refractivity (Wildman–Crippen MR) is 121 cm³/mol. The summed E-state index contributed by atoms with van der Waals surface area (Å²) >= 11 is 6.54. The van der Waals surface area contributed by atoms with Crippen LogP contribution >= 0.6 is 11.6 Å². The van der Waals surface area contributed by atoms with Crippen LogP contribution in [-0.2, 0) is 13.1 Å². The molecule has 0 saturated heterocycles. The van der Waals surface area contributed by atoms with E-state index in [1.807, 2.05) is 44.2 Å². The topological polar surface area (TPSA) is 77.1 Å². The summed E-state index contributed by atoms with van der Waals surface area (Å²) in [5, 5.41) is 14.1. The van der Waals surface area contributed by atoms with Gasteiger partial charge in [0.1, 0.15) is 17.0 Å². The minimum Gasteiger partial charge on any atom is -0.477 e. The molecule has 1 aliphatic rings. The molecule has 0 saturated carbocycles. The number of hydrogen-bond acceptors (Lipinski definition) is 3. The standard InChI is InChI=1S/C17H12ClN3O3.C4H10.C2H6/c18-14-15(10-4-2-1-3-5-10)19-21-7-6-20-9-11(17(23)24)13(22)8-12(20)16(14)21;1-4(2)3;1-2/h1-5,8-9H,6-7H2,(H,23,24);4H,1-3H3;1-2H3. The fourth-order valence-electron chi connectivity index (χ4n) is 2.95. The van der Waals surface area contributed by atoms with E-state index in [1.165, 1.54) is 12.3 Å². The lowest BCUT2D eigenvalue weighted by atomic mass is 10.1. The first-order chi connectivity index (χ1) is 14.3. The first-order valence-electron chi connectivity index (χ1n) is 10.1. The lowest BCUT2D eigenvalue weighted by Crippen LogP contribution is -2.24. The molecule has 7 heteroatoms. The highest BCUT2D eigenvalue weighted by molar-refractivity contribution is 6.35. The number of pyridine rings is 1. The average Bonchev–Trinajstić information content (AvgIpc) is 3.06. The quantitative estimate of drug-likeness (QED) is 0.589. The molecule has 0 radical (unpaired) electrons. The van der Waals surface area contributed by atoms with E-state index in [9.17, 15) is 9.59 Å². The van der Waals surface area contributed by atoms with Crippen molar-refractivity contribution in [3.63, 3.8) is 0 Å². The summed E-state index contributed by atoms with van der Waals surface area (Å²) in [6.07, 6.45) is 1.37. The van der Waals surface area contributed by atoms with Crippen LogP contribution in [0.5, 0.6) is 0 Å². The van der Waals surface area contributed by atoms with Crippen LogP contribution in [0.2, 0.25) is 5.02 Å². The van der Waals surface area contributed by atoms with Crippen LogP contribution in [0.3, 0.4) is 0 Å². The van der Waals surface area contributed by atoms with Crippen LogP contribution in [0.1, 0.15) is 45.0 Å². The van der Waals surface area contributed by atoms with E-state index < -0.39 is 11.4 Å². The summed E-state index contributed by atoms with van der Waals surface area (Å²) in [5.41, 5.74) is 1.97. The minimum absolute atomic E-state index is 0.244. The average molecular weight is 430 g/mol. The van der Waals surface area contributed by atoms with Crippen molar-refractivity contribution in [2.75, 3.05) is 0 Å². The van der Waals surface area contributed by atoms with Gasteiger partial charge in [-0.3, -0.25) is 9.48 Å². The van der Waals surface area contributed by atoms with Crippen LogP contribution in [0.4, 0.5) is 0 Å². The van der Waals surface area contributed by atoms with E-state index in [2.05, 4.69) is 25.9 Å². The molecule has 6 nitrogen and oxygen atoms in total. The van der Waals surface area contributed by atoms with Crippen molar-refractivity contribution in [3.05, 3.63) is 63.4 Å². The van der Waals surface area contributed by atoms with Gasteiger partial charge in [0.2, 0.25) is 0 Å². The number of hydrogen-bond donors (Lipinski definition) is 1. The Labute approximate surface area is 181 Å². The van der Waals surface area contributed by atoms with Gasteiger partial charge in [0.15, 0.2) is 5.43 Å². The number of carbonyl (C=O) groups is 1. The minimum atomic E-state index is -1.23. The molecule has 2 aromatic heterocycles. The van der Waals surface area contributed by atoms with Crippen LogP contribution < -0.4 is 5.43 Å². The van der Waals surface area contributed by atoms with E-state index in [-0.39, 0.29) is 5.56 Å². The SMILES string of the molecule is CC.CC(C)C.O=C(O)c1cn2c(cc1=O)-c1c(Cl)c(-c3ccccc3)nn1CC2. The highest BCUT2D eigenvalue weighted by Crippen LogP contribution is 2.37. The Morgan fingerprint density at radius 2 is 1.73 bits per heavy atom. The van der Waals surface area contributed by atoms with E-state index >= 15 is 0 Å². The number of carboxylic acid groups (broad SMARTS) is 1. The van der Waals surface area contributed by atoms with Gasteiger partial charge in [-0.2, -0.15) is 5.10 Å². The molecular weight excluding hydrogens is 402 g/mol. The van der Waals surface area contributed by atoms with Gasteiger partial charge < -0.3 is 9.67 Å². The zero-order chi connectivity index (χ0) is 22.4. The lowest BCUT2D eigenvalue weighted by molar-refractivity contribution is 0.0694. The third-order valence-corrected chi connectivity index (χ3v) is 4.45. The van der Waals surface area contributed by atoms with Crippen LogP contribution in [0, 0.1) is 5.92 Å². The predicted octanol–water partition coefficient (Wildman–Crippen LogP) is 5.43. The molecule has 1 aromatic carbocycles. The first-order valence-corrected chi connectivity index (χ1v) is 10.5. The molecule has 0 amide bonds. The molecule has 1 aliphatic heterocycles. The monoisotopic (exact) mass is 429 g/mol. The van der Waals surface area contributed by atoms with Gasteiger partial charge in [-0.1, -0.05) is 76.6 Å². The molecule has 0 spiro atoms. The molecule has 0 unspecified atom stereocenters. The summed E-state index contributed by atoms with van der Waals surface area (Å²) in [5.74, 6) is -0.398. The zero-order valence-electron chi connectivity index (χ0n) is 18.0. The Morgan fingerprint density at radius 1 is 1.13 bits per heavy atom. The highest BCUT2D eigenvalue weighted by atomic mass is 35.5. The number of halogens is 1. The van der Waals surface area contributed by atoms with Gasteiger partial charge in [0.25, 0.3) is 0 Å². The summed E-state index contributed by atoms with van der Waals surface area (Å²) in [4.78, 5) is 23.2. The van der Waals surface area contributed by atoms with Gasteiger partial charge in [-0.05, 0) is 5.92 Å². The Balaban J connectivity index is 0.000000481. The van der Waals surface area contributed by atoms with Crippen molar-refractivity contribution in [1.29, 1.82) is 0 Å². The summed E-state index contributed by atoms with van der Waals surface area (Å²) in [6, 6.07) is 10.9. The number of carboxylic acids is 1. The molecule has 4 rings (SSSR count). The molecule has 160 valence electrons. The fourth-order valence-corrected chi connectivity index (χ4v) is 3.29. The summed E-state index contributed by atoms with van der Waals surface area (Å²) < 4.78 is 3.50. The molecule has 0 atom stereocenters. The number of nitrogens with zero attached hydrogens (tertiary/aromatic N) is 3. The molecule has 0 aliphatic carbocycles. The third-order valence-electron chi connectivity index (χ3n) is 4.10. The second kappa shape index (κ2) is 10.3. The van der Waals surface area contributed by atoms with Crippen molar-refractivity contribution >= 4 is 17.6 Å². The van der Waals surface area contributed by atoms with Crippen molar-refractivity contribution in [2.24, 2.45) is 5.92 Å². The second-order valence-electron chi connectivity index (χ2n) is 7.27. The maximum Gasteiger partial charge on any atom is 0.341 e. The van der Waals surface area contributed by atoms with E-state index in [0.29, 0.717) is 35.2 Å².